The van der Waals surface area contributed by atoms with E-state index >= 15 is 0 Å². The third-order valence-corrected chi connectivity index (χ3v) is 4.35. The van der Waals surface area contributed by atoms with Crippen molar-refractivity contribution in [2.24, 2.45) is 0 Å². The van der Waals surface area contributed by atoms with E-state index in [1.807, 2.05) is 0 Å². The van der Waals surface area contributed by atoms with Crippen molar-refractivity contribution < 1.29 is 71.9 Å². The van der Waals surface area contributed by atoms with Gasteiger partial charge in [-0.3, -0.25) is 13.6 Å². The molecular weight excluding hydrogens is 405 g/mol. The van der Waals surface area contributed by atoms with Gasteiger partial charge in [-0.15, -0.1) is 0 Å². The van der Waals surface area contributed by atoms with E-state index in [4.69, 9.17) is 29.4 Å². The van der Waals surface area contributed by atoms with Crippen LogP contribution in [0.15, 0.2) is 0 Å². The maximum absolute atomic E-state index is 10.9. The fourth-order valence-corrected chi connectivity index (χ4v) is 3.70. The molecule has 0 aromatic heterocycles. The van der Waals surface area contributed by atoms with E-state index in [2.05, 4.69) is 13.6 Å². The lowest BCUT2D eigenvalue weighted by Gasteiger charge is -2.44. The largest absolute Gasteiger partial charge is 0.470 e. The zero-order valence-corrected chi connectivity index (χ0v) is 14.0. The van der Waals surface area contributed by atoms with Crippen LogP contribution in [0.2, 0.25) is 0 Å². The van der Waals surface area contributed by atoms with E-state index < -0.39 is 60.1 Å². The van der Waals surface area contributed by atoms with Crippen LogP contribution in [0.4, 0.5) is 0 Å². The van der Waals surface area contributed by atoms with Gasteiger partial charge in [0.2, 0.25) is 0 Å². The van der Waals surface area contributed by atoms with Crippen molar-refractivity contribution in [3.05, 3.63) is 0 Å². The van der Waals surface area contributed by atoms with Crippen LogP contribution in [-0.2, 0) is 27.3 Å². The highest BCUT2D eigenvalue weighted by atomic mass is 31.2. The molecule has 144 valence electrons. The van der Waals surface area contributed by atoms with Gasteiger partial charge in [-0.25, -0.2) is 13.7 Å². The molecule has 6 atom stereocenters. The molecule has 0 spiro atoms. The van der Waals surface area contributed by atoms with Crippen LogP contribution in [0.25, 0.3) is 0 Å². The van der Waals surface area contributed by atoms with Crippen molar-refractivity contribution in [1.29, 1.82) is 0 Å². The average Bonchev–Trinajstić information content (AvgIpc) is 2.32. The summed E-state index contributed by atoms with van der Waals surface area (Å²) in [7, 11) is -16.2. The Labute approximate surface area is 133 Å². The Morgan fingerprint density at radius 1 is 0.500 bits per heavy atom. The minimum atomic E-state index is -5.43. The first kappa shape index (κ1) is 22.3. The lowest BCUT2D eigenvalue weighted by Crippen LogP contribution is -2.65. The van der Waals surface area contributed by atoms with E-state index in [1.165, 1.54) is 0 Å². The molecule has 15 nitrogen and oxygen atoms in total. The molecule has 0 heterocycles. The summed E-state index contributed by atoms with van der Waals surface area (Å²) in [6.07, 6.45) is -14.3. The van der Waals surface area contributed by atoms with Gasteiger partial charge >= 0.3 is 23.5 Å². The van der Waals surface area contributed by atoms with Crippen molar-refractivity contribution in [3.8, 4) is 0 Å². The quantitative estimate of drug-likeness (QED) is 0.189. The SMILES string of the molecule is O=P(O)(O)O[C@@H]1[C@H](O)[C@@H](O)[C@@H](OP(=O)(O)O)[C@H](OP(=O)(O)O)[C@H]1O. The highest BCUT2D eigenvalue weighted by molar-refractivity contribution is 7.46. The molecule has 0 unspecified atom stereocenters. The summed E-state index contributed by atoms with van der Waals surface area (Å²) in [5.41, 5.74) is 0. The number of phosphoric acid groups is 3. The van der Waals surface area contributed by atoms with Gasteiger partial charge in [-0.2, -0.15) is 0 Å². The number of phosphoric ester groups is 3. The Balaban J connectivity index is 3.23. The van der Waals surface area contributed by atoms with Gasteiger partial charge in [0.15, 0.2) is 0 Å². The van der Waals surface area contributed by atoms with E-state index in [0.29, 0.717) is 0 Å². The molecule has 18 heteroatoms. The Hall–Kier alpha value is 0.210. The summed E-state index contributed by atoms with van der Waals surface area (Å²) in [5.74, 6) is 0. The van der Waals surface area contributed by atoms with Crippen LogP contribution in [0, 0.1) is 0 Å². The summed E-state index contributed by atoms with van der Waals surface area (Å²) in [4.78, 5) is 52.4. The minimum Gasteiger partial charge on any atom is -0.387 e. The zero-order valence-electron chi connectivity index (χ0n) is 11.3. The molecule has 1 aliphatic carbocycles. The Kier molecular flexibility index (Phi) is 6.90. The van der Waals surface area contributed by atoms with Crippen LogP contribution < -0.4 is 0 Å². The molecule has 0 saturated heterocycles. The van der Waals surface area contributed by atoms with Gasteiger partial charge in [0.25, 0.3) is 0 Å². The summed E-state index contributed by atoms with van der Waals surface area (Å²) in [6, 6.07) is 0. The molecule has 0 radical (unpaired) electrons. The summed E-state index contributed by atoms with van der Waals surface area (Å²) in [6.45, 7) is 0. The predicted octanol–water partition coefficient (Wildman–Crippen LogP) is -3.48. The van der Waals surface area contributed by atoms with Crippen LogP contribution in [0.1, 0.15) is 0 Å². The lowest BCUT2D eigenvalue weighted by atomic mass is 9.85. The lowest BCUT2D eigenvalue weighted by molar-refractivity contribution is -0.212. The summed E-state index contributed by atoms with van der Waals surface area (Å²) in [5, 5.41) is 29.3. The molecule has 0 aromatic carbocycles. The molecule has 0 aliphatic heterocycles. The fourth-order valence-electron chi connectivity index (χ4n) is 2.01. The Bertz CT molecular complexity index is 574. The second-order valence-corrected chi connectivity index (χ2v) is 8.23. The van der Waals surface area contributed by atoms with Crippen molar-refractivity contribution in [3.63, 3.8) is 0 Å². The molecule has 0 aromatic rings. The van der Waals surface area contributed by atoms with Crippen molar-refractivity contribution in [2.75, 3.05) is 0 Å². The smallest absolute Gasteiger partial charge is 0.387 e. The number of rotatable bonds is 6. The number of aliphatic hydroxyl groups is 3. The van der Waals surface area contributed by atoms with E-state index in [1.54, 1.807) is 0 Å². The molecule has 24 heavy (non-hydrogen) atoms. The molecule has 0 bridgehead atoms. The second-order valence-electron chi connectivity index (χ2n) is 4.65. The molecule has 1 fully saturated rings. The standard InChI is InChI=1S/C6H15O15P3/c7-1-2(8)5(20-23(13,14)15)6(21-24(16,17)18)3(9)4(1)19-22(10,11)12/h1-9H,(H2,10,11,12)(H2,13,14,15)(H2,16,17,18)/t1-,2-,3+,4-,5-,6-/m1/s1. The van der Waals surface area contributed by atoms with Crippen LogP contribution in [0.3, 0.4) is 0 Å². The Morgan fingerprint density at radius 2 is 0.750 bits per heavy atom. The first-order chi connectivity index (χ1) is 10.5. The van der Waals surface area contributed by atoms with Crippen LogP contribution >= 0.6 is 23.5 Å². The van der Waals surface area contributed by atoms with Crippen LogP contribution in [0.5, 0.6) is 0 Å². The minimum absolute atomic E-state index is 2.32. The maximum atomic E-state index is 10.9. The van der Waals surface area contributed by atoms with E-state index in [0.717, 1.165) is 0 Å². The molecule has 1 rings (SSSR count). The van der Waals surface area contributed by atoms with Crippen molar-refractivity contribution in [2.45, 2.75) is 36.6 Å². The topological polar surface area (TPSA) is 261 Å². The van der Waals surface area contributed by atoms with Crippen molar-refractivity contribution in [1.82, 2.24) is 0 Å². The van der Waals surface area contributed by atoms with Gasteiger partial charge in [0.1, 0.15) is 36.6 Å². The normalized spacial score (nSPS) is 35.9. The summed E-state index contributed by atoms with van der Waals surface area (Å²) >= 11 is 0. The fraction of sp³-hybridized carbons (Fsp3) is 1.00. The molecule has 1 aliphatic rings. The van der Waals surface area contributed by atoms with Crippen LogP contribution in [-0.4, -0.2) is 81.3 Å². The van der Waals surface area contributed by atoms with Gasteiger partial charge in [0.05, 0.1) is 0 Å². The van der Waals surface area contributed by atoms with Gasteiger partial charge < -0.3 is 44.7 Å². The monoisotopic (exact) mass is 420 g/mol. The molecule has 1 saturated carbocycles. The first-order valence-electron chi connectivity index (χ1n) is 5.78. The molecule has 0 amide bonds. The van der Waals surface area contributed by atoms with Gasteiger partial charge in [-0.1, -0.05) is 0 Å². The zero-order chi connectivity index (χ0) is 19.1. The summed E-state index contributed by atoms with van der Waals surface area (Å²) < 4.78 is 44.7. The second kappa shape index (κ2) is 7.45. The highest BCUT2D eigenvalue weighted by Gasteiger charge is 2.56. The predicted molar refractivity (Wildman–Crippen MR) is 68.8 cm³/mol. The molecular formula is C6H15O15P3. The molecule has 9 N–H and O–H groups in total. The average molecular weight is 420 g/mol. The maximum Gasteiger partial charge on any atom is 0.470 e. The Morgan fingerprint density at radius 3 is 1.08 bits per heavy atom. The number of hydrogen-bond donors (Lipinski definition) is 9. The third kappa shape index (κ3) is 6.50. The number of aliphatic hydroxyl groups excluding tert-OH is 3. The highest BCUT2D eigenvalue weighted by Crippen LogP contribution is 2.49. The van der Waals surface area contributed by atoms with Gasteiger partial charge in [-0.05, 0) is 0 Å². The van der Waals surface area contributed by atoms with Crippen molar-refractivity contribution >= 4 is 23.5 Å². The van der Waals surface area contributed by atoms with E-state index in [9.17, 15) is 29.0 Å². The van der Waals surface area contributed by atoms with E-state index in [-0.39, 0.29) is 0 Å². The van der Waals surface area contributed by atoms with Gasteiger partial charge in [0, 0.05) is 0 Å². The number of hydrogen-bond acceptors (Lipinski definition) is 9. The third-order valence-electron chi connectivity index (χ3n) is 2.80. The first-order valence-corrected chi connectivity index (χ1v) is 10.4.